The molecule has 0 amide bonds. The van der Waals surface area contributed by atoms with Crippen molar-refractivity contribution >= 4 is 7.26 Å². The van der Waals surface area contributed by atoms with Gasteiger partial charge in [-0.05, 0) is 23.8 Å². The average Bonchev–Trinajstić information content (AvgIpc) is 2.62. The molecule has 0 unspecified atom stereocenters. The molecular weight excluding hydrogens is 317 g/mol. The first-order valence-electron chi connectivity index (χ1n) is 7.53. The van der Waals surface area contributed by atoms with E-state index in [1.54, 1.807) is 18.2 Å². The summed E-state index contributed by atoms with van der Waals surface area (Å²) in [6, 6.07) is 15.7. The Bertz CT molecular complexity index is 702. The topological polar surface area (TPSA) is 119 Å². The van der Waals surface area contributed by atoms with E-state index >= 15 is 0 Å². The third-order valence-corrected chi connectivity index (χ3v) is 8.42. The second kappa shape index (κ2) is 9.98. The van der Waals surface area contributed by atoms with Gasteiger partial charge in [-0.3, -0.25) is 0 Å². The van der Waals surface area contributed by atoms with E-state index in [1.165, 1.54) is 0 Å². The van der Waals surface area contributed by atoms with Crippen LogP contribution in [0.5, 0.6) is 0 Å². The minimum Gasteiger partial charge on any atom is -0.198 e. The van der Waals surface area contributed by atoms with Gasteiger partial charge in [-0.15, -0.1) is 0 Å². The van der Waals surface area contributed by atoms with Crippen molar-refractivity contribution < 1.29 is 0 Å². The predicted octanol–water partition coefficient (Wildman–Crippen LogP) is 3.69. The number of nitriles is 5. The van der Waals surface area contributed by atoms with Gasteiger partial charge in [-0.2, -0.15) is 26.3 Å². The molecule has 0 aliphatic heterocycles. The number of hydrogen-bond acceptors (Lipinski definition) is 5. The minimum absolute atomic E-state index is 0.397. The van der Waals surface area contributed by atoms with E-state index in [0.29, 0.717) is 55.0 Å². The van der Waals surface area contributed by atoms with E-state index in [-0.39, 0.29) is 0 Å². The van der Waals surface area contributed by atoms with Gasteiger partial charge in [0.1, 0.15) is 0 Å². The van der Waals surface area contributed by atoms with E-state index in [1.807, 2.05) is 0 Å². The smallest absolute Gasteiger partial charge is 0.0992 e. The van der Waals surface area contributed by atoms with Crippen molar-refractivity contribution in [2.24, 2.45) is 0 Å². The molecule has 0 saturated carbocycles. The van der Waals surface area contributed by atoms with Gasteiger partial charge in [-0.1, -0.05) is 0 Å². The van der Waals surface area contributed by atoms with Crippen LogP contribution in [0.2, 0.25) is 0 Å². The van der Waals surface area contributed by atoms with Gasteiger partial charge in [0, 0.05) is 7.26 Å². The Balaban J connectivity index is 3.21. The number of rotatable bonds is 8. The standard InChI is InChI=1S/C18H17N5P/c19-4-1-7-24(8-2-5-20,9-3-6-21)15-18-11-16(13-22)10-17(12-18)14-23/h10-12H,1-3,7-9,15H2/q+1. The molecule has 0 radical (unpaired) electrons. The summed E-state index contributed by atoms with van der Waals surface area (Å²) < 4.78 is 0. The molecule has 6 heteroatoms. The summed E-state index contributed by atoms with van der Waals surface area (Å²) in [5.41, 5.74) is 1.75. The van der Waals surface area contributed by atoms with Crippen LogP contribution in [-0.2, 0) is 6.16 Å². The third kappa shape index (κ3) is 5.71. The molecule has 0 fully saturated rings. The molecule has 0 saturated heterocycles. The lowest BCUT2D eigenvalue weighted by Gasteiger charge is -2.25. The van der Waals surface area contributed by atoms with Crippen molar-refractivity contribution in [3.8, 4) is 30.3 Å². The summed E-state index contributed by atoms with van der Waals surface area (Å²) in [5.74, 6) is 0. The van der Waals surface area contributed by atoms with Crippen molar-refractivity contribution in [2.75, 3.05) is 18.5 Å². The molecule has 0 aliphatic carbocycles. The van der Waals surface area contributed by atoms with Gasteiger partial charge < -0.3 is 0 Å². The lowest BCUT2D eigenvalue weighted by Crippen LogP contribution is -2.11. The molecule has 24 heavy (non-hydrogen) atoms. The molecule has 0 bridgehead atoms. The highest BCUT2D eigenvalue weighted by Gasteiger charge is 2.36. The quantitative estimate of drug-likeness (QED) is 0.671. The molecule has 0 N–H and O–H groups in total. The summed E-state index contributed by atoms with van der Waals surface area (Å²) in [7, 11) is -1.71. The molecule has 0 heterocycles. The van der Waals surface area contributed by atoms with Crippen LogP contribution in [0, 0.1) is 56.7 Å². The van der Waals surface area contributed by atoms with E-state index in [9.17, 15) is 0 Å². The second-order valence-corrected chi connectivity index (χ2v) is 9.88. The van der Waals surface area contributed by atoms with E-state index in [0.717, 1.165) is 5.56 Å². The Kier molecular flexibility index (Phi) is 7.97. The van der Waals surface area contributed by atoms with Crippen LogP contribution < -0.4 is 0 Å². The Morgan fingerprint density at radius 3 is 1.42 bits per heavy atom. The fraction of sp³-hybridized carbons (Fsp3) is 0.389. The molecule has 1 aromatic rings. The number of nitrogens with zero attached hydrogens (tertiary/aromatic N) is 5. The first-order valence-corrected chi connectivity index (χ1v) is 10.1. The van der Waals surface area contributed by atoms with Gasteiger partial charge >= 0.3 is 0 Å². The Labute approximate surface area is 143 Å². The van der Waals surface area contributed by atoms with Gasteiger partial charge in [0.15, 0.2) is 0 Å². The van der Waals surface area contributed by atoms with Gasteiger partial charge in [0.25, 0.3) is 0 Å². The van der Waals surface area contributed by atoms with Crippen molar-refractivity contribution in [2.45, 2.75) is 25.4 Å². The normalized spacial score (nSPS) is 9.79. The molecule has 5 nitrogen and oxygen atoms in total. The Morgan fingerprint density at radius 2 is 1.08 bits per heavy atom. The summed E-state index contributed by atoms with van der Waals surface area (Å²) in [6.07, 6.45) is 3.94. The van der Waals surface area contributed by atoms with Crippen LogP contribution in [0.1, 0.15) is 36.0 Å². The number of benzene rings is 1. The van der Waals surface area contributed by atoms with E-state index < -0.39 is 7.26 Å². The van der Waals surface area contributed by atoms with Crippen molar-refractivity contribution in [1.82, 2.24) is 0 Å². The zero-order valence-corrected chi connectivity index (χ0v) is 14.3. The predicted molar refractivity (Wildman–Crippen MR) is 91.8 cm³/mol. The average molecular weight is 334 g/mol. The van der Waals surface area contributed by atoms with Crippen LogP contribution in [0.25, 0.3) is 0 Å². The van der Waals surface area contributed by atoms with Crippen molar-refractivity contribution in [3.05, 3.63) is 34.9 Å². The third-order valence-electron chi connectivity index (χ3n) is 3.86. The first kappa shape index (κ1) is 19.1. The Hall–Kier alpha value is -2.90. The molecular formula is C18H17N5P+. The fourth-order valence-electron chi connectivity index (χ4n) is 2.73. The van der Waals surface area contributed by atoms with E-state index in [2.05, 4.69) is 30.3 Å². The summed E-state index contributed by atoms with van der Waals surface area (Å²) in [4.78, 5) is 0. The van der Waals surface area contributed by atoms with Crippen LogP contribution in [0.3, 0.4) is 0 Å². The highest BCUT2D eigenvalue weighted by molar-refractivity contribution is 7.75. The van der Waals surface area contributed by atoms with Crippen LogP contribution in [0.15, 0.2) is 18.2 Å². The SMILES string of the molecule is N#CCC[P+](CCC#N)(CCC#N)Cc1cc(C#N)cc(C#N)c1. The zero-order chi connectivity index (χ0) is 17.8. The maximum Gasteiger partial charge on any atom is 0.0992 e. The van der Waals surface area contributed by atoms with Gasteiger partial charge in [0.05, 0.1) is 85.4 Å². The lowest BCUT2D eigenvalue weighted by molar-refractivity contribution is 1.08. The van der Waals surface area contributed by atoms with Crippen molar-refractivity contribution in [3.63, 3.8) is 0 Å². The summed E-state index contributed by atoms with van der Waals surface area (Å²) >= 11 is 0. The summed E-state index contributed by atoms with van der Waals surface area (Å²) in [6.45, 7) is 0. The second-order valence-electron chi connectivity index (χ2n) is 5.54. The van der Waals surface area contributed by atoms with Crippen LogP contribution >= 0.6 is 7.26 Å². The highest BCUT2D eigenvalue weighted by atomic mass is 31.2. The largest absolute Gasteiger partial charge is 0.198 e. The molecule has 1 rings (SSSR count). The first-order chi connectivity index (χ1) is 11.6. The fourth-order valence-corrected chi connectivity index (χ4v) is 6.56. The van der Waals surface area contributed by atoms with E-state index in [4.69, 9.17) is 26.3 Å². The maximum absolute atomic E-state index is 9.13. The molecule has 118 valence electrons. The highest BCUT2D eigenvalue weighted by Crippen LogP contribution is 2.62. The van der Waals surface area contributed by atoms with Crippen molar-refractivity contribution in [1.29, 1.82) is 26.3 Å². The number of hydrogen-bond donors (Lipinski definition) is 0. The monoisotopic (exact) mass is 334 g/mol. The minimum atomic E-state index is -1.71. The van der Waals surface area contributed by atoms with Gasteiger partial charge in [-0.25, -0.2) is 0 Å². The maximum atomic E-state index is 9.13. The zero-order valence-electron chi connectivity index (χ0n) is 13.4. The molecule has 0 aliphatic rings. The Morgan fingerprint density at radius 1 is 0.667 bits per heavy atom. The van der Waals surface area contributed by atoms with Crippen LogP contribution in [-0.4, -0.2) is 18.5 Å². The molecule has 0 spiro atoms. The summed E-state index contributed by atoms with van der Waals surface area (Å²) in [5, 5.41) is 45.1. The molecule has 0 atom stereocenters. The van der Waals surface area contributed by atoms with Crippen LogP contribution in [0.4, 0.5) is 0 Å². The molecule has 0 aromatic heterocycles. The lowest BCUT2D eigenvalue weighted by atomic mass is 10.1. The molecule has 1 aromatic carbocycles. The van der Waals surface area contributed by atoms with Gasteiger partial charge in [0.2, 0.25) is 0 Å².